The molecule has 13 nitrogen and oxygen atoms in total. The van der Waals surface area contributed by atoms with Gasteiger partial charge in [0, 0.05) is 101 Å². The molecule has 78 heavy (non-hydrogen) atoms. The lowest BCUT2D eigenvalue weighted by atomic mass is 9.82. The molecule has 0 saturated carbocycles. The molecular formula is C65H78N7O6+3. The number of pyridine rings is 3. The lowest BCUT2D eigenvalue weighted by Gasteiger charge is -2.35. The minimum absolute atomic E-state index is 0.0237. The molecule has 3 aromatic heterocycles. The number of benzene rings is 4. The highest BCUT2D eigenvalue weighted by Crippen LogP contribution is 2.31. The van der Waals surface area contributed by atoms with Gasteiger partial charge in [0.2, 0.25) is 17.7 Å². The monoisotopic (exact) mass is 1050 g/mol. The fourth-order valence-electron chi connectivity index (χ4n) is 9.33. The van der Waals surface area contributed by atoms with Crippen LogP contribution in [0.15, 0.2) is 165 Å². The summed E-state index contributed by atoms with van der Waals surface area (Å²) in [5, 5.41) is 32.8. The van der Waals surface area contributed by atoms with Gasteiger partial charge in [-0.15, -0.1) is 0 Å². The van der Waals surface area contributed by atoms with Gasteiger partial charge in [-0.05, 0) is 107 Å². The predicted octanol–water partition coefficient (Wildman–Crippen LogP) is 10.7. The Bertz CT molecular complexity index is 2920. The number of anilines is 3. The molecule has 0 atom stereocenters. The van der Waals surface area contributed by atoms with Gasteiger partial charge in [-0.2, -0.15) is 0 Å². The van der Waals surface area contributed by atoms with Crippen molar-refractivity contribution in [2.45, 2.75) is 142 Å². The average Bonchev–Trinajstić information content (AvgIpc) is 3.38. The van der Waals surface area contributed by atoms with Gasteiger partial charge in [0.1, 0.15) is 0 Å². The van der Waals surface area contributed by atoms with E-state index in [1.807, 2.05) is 110 Å². The lowest BCUT2D eigenvalue weighted by molar-refractivity contribution is -0.688. The van der Waals surface area contributed by atoms with Crippen molar-refractivity contribution < 1.29 is 43.1 Å². The van der Waals surface area contributed by atoms with Gasteiger partial charge in [0.05, 0.1) is 0 Å². The van der Waals surface area contributed by atoms with Crippen LogP contribution in [0.3, 0.4) is 0 Å². The average molecular weight is 1050 g/mol. The number of amides is 4. The molecule has 0 aliphatic heterocycles. The third-order valence-electron chi connectivity index (χ3n) is 14.1. The van der Waals surface area contributed by atoms with E-state index in [1.54, 1.807) is 0 Å². The van der Waals surface area contributed by atoms with Gasteiger partial charge in [-0.3, -0.25) is 19.2 Å². The number of phenols is 2. The van der Waals surface area contributed by atoms with Crippen LogP contribution in [0, 0.1) is 0 Å². The summed E-state index contributed by atoms with van der Waals surface area (Å²) in [4.78, 5) is 56.4. The van der Waals surface area contributed by atoms with Crippen molar-refractivity contribution >= 4 is 40.7 Å². The third kappa shape index (κ3) is 16.9. The summed E-state index contributed by atoms with van der Waals surface area (Å²) in [6, 6.07) is 39.4. The molecule has 0 saturated heterocycles. The lowest BCUT2D eigenvalue weighted by Crippen LogP contribution is -2.50. The molecule has 7 rings (SSSR count). The number of aromatic nitrogens is 3. The van der Waals surface area contributed by atoms with Crippen LogP contribution in [0.5, 0.6) is 11.5 Å². The molecule has 0 aliphatic carbocycles. The summed E-state index contributed by atoms with van der Waals surface area (Å²) in [6.07, 6.45) is 12.2. The Morgan fingerprint density at radius 1 is 0.410 bits per heavy atom. The van der Waals surface area contributed by atoms with E-state index in [-0.39, 0.29) is 78.1 Å². The maximum absolute atomic E-state index is 14.3. The van der Waals surface area contributed by atoms with E-state index in [1.165, 1.54) is 28.8 Å². The number of carbonyl (C=O) groups is 4. The smallest absolute Gasteiger partial charge is 0.251 e. The summed E-state index contributed by atoms with van der Waals surface area (Å²) in [7, 11) is 0. The zero-order valence-corrected chi connectivity index (χ0v) is 46.8. The van der Waals surface area contributed by atoms with Crippen molar-refractivity contribution in [2.24, 2.45) is 0 Å². The Morgan fingerprint density at radius 3 is 1.03 bits per heavy atom. The zero-order chi connectivity index (χ0) is 56.3. The van der Waals surface area contributed by atoms with E-state index in [4.69, 9.17) is 0 Å². The first-order chi connectivity index (χ1) is 36.9. The molecule has 0 unspecified atom stereocenters. The Kier molecular flexibility index (Phi) is 18.3. The Labute approximate surface area is 460 Å². The van der Waals surface area contributed by atoms with E-state index in [2.05, 4.69) is 134 Å². The molecule has 4 aromatic carbocycles. The van der Waals surface area contributed by atoms with Gasteiger partial charge < -0.3 is 31.5 Å². The van der Waals surface area contributed by atoms with Crippen LogP contribution >= 0.6 is 0 Å². The molecule has 0 fully saturated rings. The maximum atomic E-state index is 14.3. The number of hydrogen-bond donors (Lipinski definition) is 6. The number of carbonyl (C=O) groups excluding carboxylic acids is 4. The van der Waals surface area contributed by atoms with Crippen molar-refractivity contribution in [3.63, 3.8) is 0 Å². The van der Waals surface area contributed by atoms with Gasteiger partial charge >= 0.3 is 0 Å². The van der Waals surface area contributed by atoms with Gasteiger partial charge in [0.25, 0.3) is 5.91 Å². The summed E-state index contributed by atoms with van der Waals surface area (Å²) >= 11 is 0. The quantitative estimate of drug-likeness (QED) is 0.0328. The van der Waals surface area contributed by atoms with E-state index >= 15 is 0 Å². The van der Waals surface area contributed by atoms with Crippen molar-refractivity contribution in [1.29, 1.82) is 0 Å². The first-order valence-corrected chi connectivity index (χ1v) is 26.9. The number of aromatic hydroxyl groups is 2. The number of nitrogens with zero attached hydrogens (tertiary/aromatic N) is 3. The van der Waals surface area contributed by atoms with E-state index in [9.17, 15) is 29.4 Å². The summed E-state index contributed by atoms with van der Waals surface area (Å²) in [6.45, 7) is 21.3. The van der Waals surface area contributed by atoms with Crippen molar-refractivity contribution in [3.05, 3.63) is 204 Å². The molecule has 6 N–H and O–H groups in total. The highest BCUT2D eigenvalue weighted by molar-refractivity contribution is 5.96. The third-order valence-corrected chi connectivity index (χ3v) is 14.1. The SMILES string of the molecule is CC(C)(C)c1cc[n+](Cc2cccc(NC(=O)CCC(CCC(=O)Nc3cccc(C[n+]4ccc(C(C)(C)C)cc4)c3)(CCC(=O)Nc3cccc(C[n+]4ccc(C(C)(C)C)cc4)c3)NC(=O)c3ccc(O)c(O)c3)c2)cc1. The summed E-state index contributed by atoms with van der Waals surface area (Å²) in [5.41, 5.74) is 7.24. The minimum atomic E-state index is -1.30. The molecule has 0 aliphatic rings. The first-order valence-electron chi connectivity index (χ1n) is 26.9. The second-order valence-electron chi connectivity index (χ2n) is 23.7. The highest BCUT2D eigenvalue weighted by atomic mass is 16.3. The van der Waals surface area contributed by atoms with E-state index in [0.29, 0.717) is 36.7 Å². The predicted molar refractivity (Wildman–Crippen MR) is 306 cm³/mol. The molecule has 406 valence electrons. The van der Waals surface area contributed by atoms with Gasteiger partial charge in [-0.1, -0.05) is 98.7 Å². The fourth-order valence-corrected chi connectivity index (χ4v) is 9.33. The number of nitrogens with one attached hydrogen (secondary N) is 4. The number of phenolic OH excluding ortho intramolecular Hbond substituents is 2. The first kappa shape index (κ1) is 57.5. The zero-order valence-electron chi connectivity index (χ0n) is 46.8. The van der Waals surface area contributed by atoms with Gasteiger partial charge in [0.15, 0.2) is 68.3 Å². The van der Waals surface area contributed by atoms with Crippen LogP contribution in [-0.4, -0.2) is 39.4 Å². The molecule has 4 amide bonds. The molecule has 7 aromatic rings. The van der Waals surface area contributed by atoms with Crippen LogP contribution < -0.4 is 35.0 Å². The molecule has 3 heterocycles. The number of rotatable bonds is 20. The Morgan fingerprint density at radius 2 is 0.731 bits per heavy atom. The standard InChI is InChI=1S/C65H75N7O6/c1-62(2,3)50-24-33-70(34-25-50)43-46-13-10-16-53(39-46)66-58(75)21-30-65(69-61(78)49-19-20-56(73)57(74)42-49,31-22-59(76)67-54-17-11-14-47(40-54)44-71-35-26-51(27-36-71)63(4,5)6)32-23-60(77)68-55-18-12-15-48(41-55)45-72-37-28-52(29-38-72)64(7,8)9/h10-20,24-29,33-42H,21-23,30-32,43-45H2,1-9H3,(H3-3,66,67,68,69,73,74,75,76,77,78)/p+3. The largest absolute Gasteiger partial charge is 0.504 e. The van der Waals surface area contributed by atoms with Crippen molar-refractivity contribution in [1.82, 2.24) is 5.32 Å². The van der Waals surface area contributed by atoms with Gasteiger partial charge in [-0.25, -0.2) is 13.7 Å². The van der Waals surface area contributed by atoms with Crippen LogP contribution in [0.2, 0.25) is 0 Å². The fraction of sp³-hybridized carbons (Fsp3) is 0.338. The number of hydrogen-bond acceptors (Lipinski definition) is 6. The normalized spacial score (nSPS) is 11.9. The topological polar surface area (TPSA) is 168 Å². The second kappa shape index (κ2) is 24.9. The molecular weight excluding hydrogens is 975 g/mol. The molecule has 0 spiro atoms. The van der Waals surface area contributed by atoms with Crippen molar-refractivity contribution in [2.75, 3.05) is 16.0 Å². The van der Waals surface area contributed by atoms with E-state index < -0.39 is 22.9 Å². The van der Waals surface area contributed by atoms with Crippen LogP contribution in [0.1, 0.15) is 145 Å². The molecule has 0 radical (unpaired) electrons. The van der Waals surface area contributed by atoms with Crippen LogP contribution in [-0.2, 0) is 50.3 Å². The Hall–Kier alpha value is -8.19. The highest BCUT2D eigenvalue weighted by Gasteiger charge is 2.35. The summed E-state index contributed by atoms with van der Waals surface area (Å²) in [5.74, 6) is -2.47. The molecule has 13 heteroatoms. The molecule has 0 bridgehead atoms. The Balaban J connectivity index is 1.11. The maximum Gasteiger partial charge on any atom is 0.251 e. The minimum Gasteiger partial charge on any atom is -0.504 e. The second-order valence-corrected chi connectivity index (χ2v) is 23.7. The van der Waals surface area contributed by atoms with Crippen LogP contribution in [0.25, 0.3) is 0 Å². The van der Waals surface area contributed by atoms with Crippen LogP contribution in [0.4, 0.5) is 17.1 Å². The van der Waals surface area contributed by atoms with E-state index in [0.717, 1.165) is 22.8 Å². The van der Waals surface area contributed by atoms with Crippen molar-refractivity contribution in [3.8, 4) is 11.5 Å². The summed E-state index contributed by atoms with van der Waals surface area (Å²) < 4.78 is 6.25.